The monoisotopic (exact) mass is 481 g/mol. The summed E-state index contributed by atoms with van der Waals surface area (Å²) in [6.45, 7) is 6.87. The molecule has 9 heteroatoms. The van der Waals surface area contributed by atoms with Gasteiger partial charge in [0.1, 0.15) is 11.5 Å². The molecule has 2 rings (SSSR count). The van der Waals surface area contributed by atoms with Gasteiger partial charge in [0.05, 0.1) is 12.8 Å². The standard InChI is InChI=1S/C25H47N5O4/c1-4-5-17-34-18-13-15-26-19-21(31)14-11-9-7-6-8-10-12-16-30-20-28(2)22-23(32)27-25(33)29(3)24(22)30/h21,26,31H,4-20H2,1-3H3,(H,27,32,33). The Morgan fingerprint density at radius 2 is 1.68 bits per heavy atom. The molecule has 0 spiro atoms. The third-order valence-electron chi connectivity index (χ3n) is 6.46. The molecular weight excluding hydrogens is 434 g/mol. The molecule has 0 bridgehead atoms. The Labute approximate surface area is 204 Å². The summed E-state index contributed by atoms with van der Waals surface area (Å²) in [6, 6.07) is 0. The molecule has 1 aromatic heterocycles. The molecule has 1 atom stereocenters. The Morgan fingerprint density at radius 3 is 2.41 bits per heavy atom. The highest BCUT2D eigenvalue weighted by atomic mass is 16.5. The maximum atomic E-state index is 12.1. The number of aliphatic hydroxyl groups excluding tert-OH is 1. The number of aromatic amines is 1. The summed E-state index contributed by atoms with van der Waals surface area (Å²) in [5.74, 6) is 0.726. The van der Waals surface area contributed by atoms with Gasteiger partial charge in [-0.3, -0.25) is 14.3 Å². The molecule has 0 amide bonds. The Morgan fingerprint density at radius 1 is 1.00 bits per heavy atom. The van der Waals surface area contributed by atoms with E-state index in [4.69, 9.17) is 4.74 Å². The van der Waals surface area contributed by atoms with Crippen molar-refractivity contribution in [2.75, 3.05) is 56.4 Å². The second-order valence-electron chi connectivity index (χ2n) is 9.53. The first-order chi connectivity index (χ1) is 16.5. The van der Waals surface area contributed by atoms with Crippen molar-refractivity contribution in [1.29, 1.82) is 0 Å². The van der Waals surface area contributed by atoms with Crippen molar-refractivity contribution >= 4 is 11.5 Å². The Kier molecular flexibility index (Phi) is 13.3. The fourth-order valence-corrected chi connectivity index (χ4v) is 4.46. The molecule has 2 heterocycles. The third kappa shape index (κ3) is 9.43. The minimum atomic E-state index is -0.364. The molecule has 1 aliphatic heterocycles. The molecule has 9 nitrogen and oxygen atoms in total. The number of hydrogen-bond donors (Lipinski definition) is 3. The zero-order valence-corrected chi connectivity index (χ0v) is 21.6. The molecule has 1 aromatic rings. The van der Waals surface area contributed by atoms with E-state index in [1.807, 2.05) is 11.9 Å². The van der Waals surface area contributed by atoms with Crippen LogP contribution in [0.4, 0.5) is 11.5 Å². The number of nitrogens with zero attached hydrogens (tertiary/aromatic N) is 3. The van der Waals surface area contributed by atoms with Crippen LogP contribution in [0.15, 0.2) is 9.59 Å². The summed E-state index contributed by atoms with van der Waals surface area (Å²) < 4.78 is 7.07. The molecule has 0 aliphatic carbocycles. The molecule has 1 aliphatic rings. The molecule has 0 fully saturated rings. The molecule has 0 saturated heterocycles. The van der Waals surface area contributed by atoms with Crippen LogP contribution in [0.2, 0.25) is 0 Å². The van der Waals surface area contributed by atoms with Crippen LogP contribution in [0.1, 0.15) is 77.6 Å². The lowest BCUT2D eigenvalue weighted by Gasteiger charge is -2.20. The number of aromatic nitrogens is 2. The number of anilines is 2. The van der Waals surface area contributed by atoms with Crippen molar-refractivity contribution in [1.82, 2.24) is 14.9 Å². The van der Waals surface area contributed by atoms with Gasteiger partial charge >= 0.3 is 5.69 Å². The summed E-state index contributed by atoms with van der Waals surface area (Å²) >= 11 is 0. The lowest BCUT2D eigenvalue weighted by Crippen LogP contribution is -2.32. The number of aliphatic hydroxyl groups is 1. The van der Waals surface area contributed by atoms with E-state index < -0.39 is 0 Å². The second-order valence-corrected chi connectivity index (χ2v) is 9.53. The van der Waals surface area contributed by atoms with Crippen molar-refractivity contribution in [3.8, 4) is 0 Å². The lowest BCUT2D eigenvalue weighted by atomic mass is 10.1. The highest BCUT2D eigenvalue weighted by Gasteiger charge is 2.28. The molecule has 196 valence electrons. The van der Waals surface area contributed by atoms with Crippen LogP contribution in [-0.4, -0.2) is 67.3 Å². The summed E-state index contributed by atoms with van der Waals surface area (Å²) in [6.07, 6.45) is 11.9. The van der Waals surface area contributed by atoms with Gasteiger partial charge < -0.3 is 25.0 Å². The van der Waals surface area contributed by atoms with Crippen molar-refractivity contribution in [3.05, 3.63) is 20.8 Å². The fraction of sp³-hybridized carbons (Fsp3) is 0.840. The predicted octanol–water partition coefficient (Wildman–Crippen LogP) is 2.57. The van der Waals surface area contributed by atoms with Gasteiger partial charge in [-0.15, -0.1) is 0 Å². The summed E-state index contributed by atoms with van der Waals surface area (Å²) in [4.78, 5) is 30.5. The van der Waals surface area contributed by atoms with E-state index >= 15 is 0 Å². The first-order valence-corrected chi connectivity index (χ1v) is 13.2. The zero-order chi connectivity index (χ0) is 24.8. The molecule has 0 radical (unpaired) electrons. The largest absolute Gasteiger partial charge is 0.392 e. The van der Waals surface area contributed by atoms with E-state index in [1.165, 1.54) is 30.3 Å². The third-order valence-corrected chi connectivity index (χ3v) is 6.46. The summed E-state index contributed by atoms with van der Waals surface area (Å²) in [7, 11) is 3.59. The second kappa shape index (κ2) is 15.9. The van der Waals surface area contributed by atoms with Crippen LogP contribution in [0, 0.1) is 0 Å². The van der Waals surface area contributed by atoms with Crippen molar-refractivity contribution in [2.45, 2.75) is 83.7 Å². The van der Waals surface area contributed by atoms with E-state index in [0.717, 1.165) is 77.1 Å². The maximum absolute atomic E-state index is 12.1. The highest BCUT2D eigenvalue weighted by Crippen LogP contribution is 2.29. The van der Waals surface area contributed by atoms with Crippen molar-refractivity contribution < 1.29 is 9.84 Å². The smallest absolute Gasteiger partial charge is 0.329 e. The SMILES string of the molecule is CCCCOCCCNCC(O)CCCCCCCCCN1CN(C)c2c1n(C)c(=O)[nH]c2=O. The van der Waals surface area contributed by atoms with Crippen LogP contribution in [0.5, 0.6) is 0 Å². The van der Waals surface area contributed by atoms with Gasteiger partial charge in [-0.05, 0) is 32.2 Å². The van der Waals surface area contributed by atoms with Crippen LogP contribution in [0.3, 0.4) is 0 Å². The van der Waals surface area contributed by atoms with Crippen LogP contribution in [0.25, 0.3) is 0 Å². The van der Waals surface area contributed by atoms with Crippen molar-refractivity contribution in [2.24, 2.45) is 7.05 Å². The number of hydrogen-bond acceptors (Lipinski definition) is 7. The first kappa shape index (κ1) is 28.4. The van der Waals surface area contributed by atoms with Crippen molar-refractivity contribution in [3.63, 3.8) is 0 Å². The average molecular weight is 482 g/mol. The molecular formula is C25H47N5O4. The summed E-state index contributed by atoms with van der Waals surface area (Å²) in [5.41, 5.74) is -0.0929. The van der Waals surface area contributed by atoms with Gasteiger partial charge in [0.2, 0.25) is 0 Å². The average Bonchev–Trinajstić information content (AvgIpc) is 3.14. The van der Waals surface area contributed by atoms with E-state index in [1.54, 1.807) is 7.05 Å². The van der Waals surface area contributed by atoms with Gasteiger partial charge in [-0.1, -0.05) is 51.9 Å². The number of nitrogens with one attached hydrogen (secondary N) is 2. The van der Waals surface area contributed by atoms with Gasteiger partial charge in [0.25, 0.3) is 5.56 Å². The van der Waals surface area contributed by atoms with Crippen LogP contribution >= 0.6 is 0 Å². The van der Waals surface area contributed by atoms with E-state index in [0.29, 0.717) is 18.9 Å². The minimum Gasteiger partial charge on any atom is -0.392 e. The van der Waals surface area contributed by atoms with E-state index in [9.17, 15) is 14.7 Å². The zero-order valence-electron chi connectivity index (χ0n) is 21.6. The number of fused-ring (bicyclic) bond motifs is 1. The minimum absolute atomic E-state index is 0.259. The van der Waals surface area contributed by atoms with E-state index in [-0.39, 0.29) is 17.4 Å². The quantitative estimate of drug-likeness (QED) is 0.261. The van der Waals surface area contributed by atoms with Gasteiger partial charge in [0.15, 0.2) is 0 Å². The maximum Gasteiger partial charge on any atom is 0.329 e. The summed E-state index contributed by atoms with van der Waals surface area (Å²) in [5, 5.41) is 13.4. The molecule has 34 heavy (non-hydrogen) atoms. The molecule has 1 unspecified atom stereocenters. The number of ether oxygens (including phenoxy) is 1. The molecule has 0 aromatic carbocycles. The van der Waals surface area contributed by atoms with Gasteiger partial charge in [-0.25, -0.2) is 4.79 Å². The molecule has 3 N–H and O–H groups in total. The Bertz CT molecular complexity index is 809. The Hall–Kier alpha value is -1.84. The molecule has 0 saturated carbocycles. The fourth-order valence-electron chi connectivity index (χ4n) is 4.46. The van der Waals surface area contributed by atoms with E-state index in [2.05, 4.69) is 22.1 Å². The van der Waals surface area contributed by atoms with Gasteiger partial charge in [0, 0.05) is 40.4 Å². The number of H-pyrrole nitrogens is 1. The van der Waals surface area contributed by atoms with Gasteiger partial charge in [-0.2, -0.15) is 0 Å². The normalized spacial score (nSPS) is 14.1. The highest BCUT2D eigenvalue weighted by molar-refractivity contribution is 5.71. The lowest BCUT2D eigenvalue weighted by molar-refractivity contribution is 0.125. The Balaban J connectivity index is 1.46. The number of unbranched alkanes of at least 4 members (excludes halogenated alkanes) is 7. The number of rotatable bonds is 19. The van der Waals surface area contributed by atoms with Crippen LogP contribution < -0.4 is 26.4 Å². The predicted molar refractivity (Wildman–Crippen MR) is 139 cm³/mol. The topological polar surface area (TPSA) is 103 Å². The van der Waals surface area contributed by atoms with Crippen LogP contribution in [-0.2, 0) is 11.8 Å². The first-order valence-electron chi connectivity index (χ1n) is 13.2.